The van der Waals surface area contributed by atoms with Crippen LogP contribution in [0.5, 0.6) is 0 Å². The van der Waals surface area contributed by atoms with Crippen molar-refractivity contribution in [3.05, 3.63) is 10.6 Å². The fourth-order valence-electron chi connectivity index (χ4n) is 2.54. The summed E-state index contributed by atoms with van der Waals surface area (Å²) in [7, 11) is 5.62. The Morgan fingerprint density at radius 2 is 2.15 bits per heavy atom. The number of ether oxygens (including phenoxy) is 1. The Kier molecular flexibility index (Phi) is 4.99. The predicted octanol–water partition coefficient (Wildman–Crippen LogP) is 2.02. The average molecular weight is 297 g/mol. The van der Waals surface area contributed by atoms with Gasteiger partial charge in [0, 0.05) is 18.5 Å². The summed E-state index contributed by atoms with van der Waals surface area (Å²) in [6, 6.07) is 0. The van der Waals surface area contributed by atoms with Crippen LogP contribution < -0.4 is 4.90 Å². The molecule has 6 heteroatoms. The Labute approximate surface area is 124 Å². The van der Waals surface area contributed by atoms with Crippen molar-refractivity contribution in [1.82, 2.24) is 9.88 Å². The Morgan fingerprint density at radius 1 is 1.50 bits per heavy atom. The Morgan fingerprint density at radius 3 is 2.75 bits per heavy atom. The average Bonchev–Trinajstić information content (AvgIpc) is 2.82. The SMILES string of the molecule is COC(=O)c1nc(N(C)CC2CCN(C)CC2)sc1C. The largest absolute Gasteiger partial charge is 0.464 e. The van der Waals surface area contributed by atoms with Crippen LogP contribution in [0.15, 0.2) is 0 Å². The fraction of sp³-hybridized carbons (Fsp3) is 0.714. The van der Waals surface area contributed by atoms with Gasteiger partial charge < -0.3 is 14.5 Å². The number of hydrogen-bond acceptors (Lipinski definition) is 6. The number of piperidine rings is 1. The molecule has 0 radical (unpaired) electrons. The van der Waals surface area contributed by atoms with E-state index in [0.29, 0.717) is 11.6 Å². The first-order valence-corrected chi connectivity index (χ1v) is 7.78. The molecule has 1 fully saturated rings. The van der Waals surface area contributed by atoms with Crippen LogP contribution in [-0.4, -0.2) is 56.7 Å². The summed E-state index contributed by atoms with van der Waals surface area (Å²) in [5, 5.41) is 0.904. The number of carbonyl (C=O) groups excluding carboxylic acids is 1. The van der Waals surface area contributed by atoms with Crippen LogP contribution in [0, 0.1) is 12.8 Å². The molecule has 0 bridgehead atoms. The molecule has 112 valence electrons. The van der Waals surface area contributed by atoms with Crippen molar-refractivity contribution in [3.63, 3.8) is 0 Å². The number of anilines is 1. The van der Waals surface area contributed by atoms with Crippen molar-refractivity contribution in [2.24, 2.45) is 5.92 Å². The highest BCUT2D eigenvalue weighted by Crippen LogP contribution is 2.27. The molecule has 0 N–H and O–H groups in total. The molecule has 1 aromatic heterocycles. The van der Waals surface area contributed by atoms with E-state index < -0.39 is 0 Å². The lowest BCUT2D eigenvalue weighted by atomic mass is 9.97. The van der Waals surface area contributed by atoms with Gasteiger partial charge in [0.2, 0.25) is 0 Å². The van der Waals surface area contributed by atoms with Gasteiger partial charge >= 0.3 is 5.97 Å². The number of nitrogens with zero attached hydrogens (tertiary/aromatic N) is 3. The zero-order valence-electron chi connectivity index (χ0n) is 12.7. The standard InChI is InChI=1S/C14H23N3O2S/c1-10-12(13(18)19-4)15-14(20-10)17(3)9-11-5-7-16(2)8-6-11/h11H,5-9H2,1-4H3. The molecule has 20 heavy (non-hydrogen) atoms. The van der Waals surface area contributed by atoms with Gasteiger partial charge in [-0.2, -0.15) is 0 Å². The third-order valence-corrected chi connectivity index (χ3v) is 4.95. The summed E-state index contributed by atoms with van der Waals surface area (Å²) in [6.07, 6.45) is 2.46. The molecule has 0 atom stereocenters. The van der Waals surface area contributed by atoms with E-state index in [4.69, 9.17) is 4.74 Å². The highest BCUT2D eigenvalue weighted by atomic mass is 32.1. The van der Waals surface area contributed by atoms with Gasteiger partial charge in [-0.1, -0.05) is 0 Å². The third kappa shape index (κ3) is 3.49. The van der Waals surface area contributed by atoms with Crippen molar-refractivity contribution in [2.45, 2.75) is 19.8 Å². The fourth-order valence-corrected chi connectivity index (χ4v) is 3.41. The normalized spacial score (nSPS) is 17.2. The number of rotatable bonds is 4. The zero-order valence-corrected chi connectivity index (χ0v) is 13.5. The first-order chi connectivity index (χ1) is 9.51. The second-order valence-electron chi connectivity index (χ2n) is 5.52. The highest BCUT2D eigenvalue weighted by molar-refractivity contribution is 7.15. The van der Waals surface area contributed by atoms with E-state index in [-0.39, 0.29) is 5.97 Å². The van der Waals surface area contributed by atoms with Gasteiger partial charge in [0.05, 0.1) is 7.11 Å². The molecule has 1 aromatic rings. The van der Waals surface area contributed by atoms with Crippen LogP contribution >= 0.6 is 11.3 Å². The molecule has 2 heterocycles. The molecule has 0 amide bonds. The first-order valence-electron chi connectivity index (χ1n) is 6.96. The summed E-state index contributed by atoms with van der Waals surface area (Å²) >= 11 is 1.56. The smallest absolute Gasteiger partial charge is 0.357 e. The lowest BCUT2D eigenvalue weighted by Gasteiger charge is -2.31. The Bertz CT molecular complexity index is 467. The van der Waals surface area contributed by atoms with Crippen molar-refractivity contribution >= 4 is 22.4 Å². The molecule has 0 spiro atoms. The molecular weight excluding hydrogens is 274 g/mol. The number of carbonyl (C=O) groups is 1. The minimum absolute atomic E-state index is 0.349. The van der Waals surface area contributed by atoms with Gasteiger partial charge in [-0.05, 0) is 45.8 Å². The highest BCUT2D eigenvalue weighted by Gasteiger charge is 2.21. The van der Waals surface area contributed by atoms with E-state index in [1.54, 1.807) is 11.3 Å². The first kappa shape index (κ1) is 15.3. The Balaban J connectivity index is 1.99. The molecule has 5 nitrogen and oxygen atoms in total. The number of methoxy groups -OCH3 is 1. The van der Waals surface area contributed by atoms with E-state index in [9.17, 15) is 4.79 Å². The number of hydrogen-bond donors (Lipinski definition) is 0. The maximum atomic E-state index is 11.6. The quantitative estimate of drug-likeness (QED) is 0.796. The monoisotopic (exact) mass is 297 g/mol. The van der Waals surface area contributed by atoms with Gasteiger partial charge in [-0.3, -0.25) is 0 Å². The van der Waals surface area contributed by atoms with E-state index in [1.165, 1.54) is 33.0 Å². The summed E-state index contributed by atoms with van der Waals surface area (Å²) in [6.45, 7) is 5.25. The summed E-state index contributed by atoms with van der Waals surface area (Å²) in [4.78, 5) is 21.5. The Hall–Kier alpha value is -1.14. The van der Waals surface area contributed by atoms with Gasteiger partial charge in [0.1, 0.15) is 0 Å². The van der Waals surface area contributed by atoms with Crippen LogP contribution in [-0.2, 0) is 4.74 Å². The molecule has 0 unspecified atom stereocenters. The van der Waals surface area contributed by atoms with Gasteiger partial charge in [0.15, 0.2) is 10.8 Å². The molecule has 1 aliphatic heterocycles. The number of thiazole rings is 1. The van der Waals surface area contributed by atoms with E-state index in [2.05, 4.69) is 28.9 Å². The van der Waals surface area contributed by atoms with E-state index in [1.807, 2.05) is 6.92 Å². The van der Waals surface area contributed by atoms with Crippen LogP contribution in [0.1, 0.15) is 28.2 Å². The second-order valence-corrected chi connectivity index (χ2v) is 6.70. The van der Waals surface area contributed by atoms with E-state index in [0.717, 1.165) is 16.6 Å². The lowest BCUT2D eigenvalue weighted by Crippen LogP contribution is -2.35. The summed E-state index contributed by atoms with van der Waals surface area (Å²) in [5.74, 6) is 0.361. The van der Waals surface area contributed by atoms with Crippen LogP contribution in [0.3, 0.4) is 0 Å². The minimum atomic E-state index is -0.349. The van der Waals surface area contributed by atoms with Gasteiger partial charge in [-0.15, -0.1) is 11.3 Å². The van der Waals surface area contributed by atoms with Crippen LogP contribution in [0.4, 0.5) is 5.13 Å². The summed E-state index contributed by atoms with van der Waals surface area (Å²) < 4.78 is 4.75. The molecular formula is C14H23N3O2S. The van der Waals surface area contributed by atoms with Crippen molar-refractivity contribution < 1.29 is 9.53 Å². The van der Waals surface area contributed by atoms with Crippen molar-refractivity contribution in [3.8, 4) is 0 Å². The third-order valence-electron chi connectivity index (χ3n) is 3.86. The molecule has 1 aliphatic rings. The predicted molar refractivity (Wildman–Crippen MR) is 81.7 cm³/mol. The maximum absolute atomic E-state index is 11.6. The topological polar surface area (TPSA) is 45.7 Å². The molecule has 0 aliphatic carbocycles. The van der Waals surface area contributed by atoms with Crippen molar-refractivity contribution in [1.29, 1.82) is 0 Å². The lowest BCUT2D eigenvalue weighted by molar-refractivity contribution is 0.0594. The number of aryl methyl sites for hydroxylation is 1. The van der Waals surface area contributed by atoms with Gasteiger partial charge in [0.25, 0.3) is 0 Å². The number of aromatic nitrogens is 1. The summed E-state index contributed by atoms with van der Waals surface area (Å²) in [5.41, 5.74) is 0.447. The molecule has 0 saturated carbocycles. The molecule has 1 saturated heterocycles. The zero-order chi connectivity index (χ0) is 14.7. The van der Waals surface area contributed by atoms with Crippen LogP contribution in [0.2, 0.25) is 0 Å². The van der Waals surface area contributed by atoms with Crippen molar-refractivity contribution in [2.75, 3.05) is 45.7 Å². The number of esters is 1. The number of likely N-dealkylation sites (tertiary alicyclic amines) is 1. The van der Waals surface area contributed by atoms with Gasteiger partial charge in [-0.25, -0.2) is 9.78 Å². The molecule has 2 rings (SSSR count). The van der Waals surface area contributed by atoms with E-state index >= 15 is 0 Å². The van der Waals surface area contributed by atoms with Crippen LogP contribution in [0.25, 0.3) is 0 Å². The second kappa shape index (κ2) is 6.54. The molecule has 0 aromatic carbocycles. The minimum Gasteiger partial charge on any atom is -0.464 e. The maximum Gasteiger partial charge on any atom is 0.357 e.